The Labute approximate surface area is 188 Å². The lowest BCUT2D eigenvalue weighted by molar-refractivity contribution is -0.134. The summed E-state index contributed by atoms with van der Waals surface area (Å²) in [6.45, 7) is 6.70. The Bertz CT molecular complexity index is 967. The van der Waals surface area contributed by atoms with Crippen molar-refractivity contribution in [3.05, 3.63) is 57.8 Å². The average Bonchev–Trinajstić information content (AvgIpc) is 3.31. The number of piperidine rings is 1. The van der Waals surface area contributed by atoms with Crippen molar-refractivity contribution >= 4 is 23.2 Å². The van der Waals surface area contributed by atoms with Crippen molar-refractivity contribution in [1.82, 2.24) is 19.6 Å². The largest absolute Gasteiger partial charge is 0.338 e. The molecule has 1 atom stereocenters. The monoisotopic (exact) mass is 438 g/mol. The van der Waals surface area contributed by atoms with Gasteiger partial charge in [-0.2, -0.15) is 0 Å². The zero-order chi connectivity index (χ0) is 21.6. The molecule has 0 aliphatic carbocycles. The number of amides is 2. The minimum absolute atomic E-state index is 0.0790. The molecule has 4 heterocycles. The van der Waals surface area contributed by atoms with E-state index in [9.17, 15) is 9.59 Å². The van der Waals surface area contributed by atoms with Crippen molar-refractivity contribution in [3.8, 4) is 0 Å². The van der Waals surface area contributed by atoms with Gasteiger partial charge < -0.3 is 14.7 Å². The Morgan fingerprint density at radius 2 is 1.81 bits per heavy atom. The summed E-state index contributed by atoms with van der Waals surface area (Å²) >= 11 is 1.56. The van der Waals surface area contributed by atoms with Crippen molar-refractivity contribution < 1.29 is 9.59 Å². The fourth-order valence-corrected chi connectivity index (χ4v) is 6.33. The summed E-state index contributed by atoms with van der Waals surface area (Å²) < 4.78 is 0. The second-order valence-corrected chi connectivity index (χ2v) is 10.4. The zero-order valence-corrected chi connectivity index (χ0v) is 19.1. The van der Waals surface area contributed by atoms with E-state index in [0.29, 0.717) is 19.6 Å². The molecule has 0 radical (unpaired) electrons. The van der Waals surface area contributed by atoms with Gasteiger partial charge in [-0.25, -0.2) is 0 Å². The van der Waals surface area contributed by atoms with Crippen molar-refractivity contribution in [2.45, 2.75) is 38.0 Å². The SMILES string of the molecule is Cc1ccc(C(=O)N2CCC3(CC2)N(Cc2ccccc2)C(=O)[C@H]2CN(C)CCN23)s1. The number of carbonyl (C=O) groups is 2. The average molecular weight is 439 g/mol. The predicted octanol–water partition coefficient (Wildman–Crippen LogP) is 2.65. The molecule has 0 unspecified atom stereocenters. The molecule has 0 saturated carbocycles. The van der Waals surface area contributed by atoms with Crippen LogP contribution in [0, 0.1) is 6.92 Å². The number of hydrogen-bond donors (Lipinski definition) is 0. The number of carbonyl (C=O) groups excluding carboxylic acids is 2. The van der Waals surface area contributed by atoms with Crippen LogP contribution < -0.4 is 0 Å². The highest BCUT2D eigenvalue weighted by molar-refractivity contribution is 7.13. The molecule has 31 heavy (non-hydrogen) atoms. The van der Waals surface area contributed by atoms with Gasteiger partial charge in [-0.05, 0) is 31.7 Å². The summed E-state index contributed by atoms with van der Waals surface area (Å²) in [6, 6.07) is 14.1. The molecule has 1 spiro atoms. The Kier molecular flexibility index (Phi) is 5.36. The summed E-state index contributed by atoms with van der Waals surface area (Å²) in [4.78, 5) is 37.4. The second-order valence-electron chi connectivity index (χ2n) is 9.07. The van der Waals surface area contributed by atoms with Gasteiger partial charge in [-0.1, -0.05) is 30.3 Å². The van der Waals surface area contributed by atoms with E-state index in [-0.39, 0.29) is 23.5 Å². The summed E-state index contributed by atoms with van der Waals surface area (Å²) in [7, 11) is 2.10. The van der Waals surface area contributed by atoms with Gasteiger partial charge in [-0.15, -0.1) is 11.3 Å². The fourth-order valence-electron chi connectivity index (χ4n) is 5.49. The van der Waals surface area contributed by atoms with Crippen molar-refractivity contribution in [1.29, 1.82) is 0 Å². The van der Waals surface area contributed by atoms with Gasteiger partial charge in [-0.3, -0.25) is 14.5 Å². The number of rotatable bonds is 3. The molecule has 7 heteroatoms. The van der Waals surface area contributed by atoms with Crippen molar-refractivity contribution in [2.75, 3.05) is 39.8 Å². The molecule has 3 aliphatic heterocycles. The molecule has 3 fully saturated rings. The van der Waals surface area contributed by atoms with Crippen molar-refractivity contribution in [3.63, 3.8) is 0 Å². The molecule has 6 nitrogen and oxygen atoms in total. The fraction of sp³-hybridized carbons (Fsp3) is 0.500. The van der Waals surface area contributed by atoms with E-state index in [1.54, 1.807) is 11.3 Å². The number of likely N-dealkylation sites (tertiary alicyclic amines) is 1. The van der Waals surface area contributed by atoms with Crippen LogP contribution in [0.3, 0.4) is 0 Å². The normalized spacial score (nSPS) is 24.1. The van der Waals surface area contributed by atoms with E-state index < -0.39 is 0 Å². The second kappa shape index (κ2) is 8.04. The number of aryl methyl sites for hydroxylation is 1. The standard InChI is InChI=1S/C24H30N4O2S/c1-18-8-9-21(31-18)23(30)26-12-10-24(11-13-26)27-15-14-25(2)17-20(27)22(29)28(24)16-19-6-4-3-5-7-19/h3-9,20H,10-17H2,1-2H3/t20-/m1/s1. The van der Waals surface area contributed by atoms with Crippen LogP contribution in [0.4, 0.5) is 0 Å². The minimum Gasteiger partial charge on any atom is -0.338 e. The molecule has 5 rings (SSSR count). The molecule has 2 amide bonds. The molecular weight excluding hydrogens is 408 g/mol. The van der Waals surface area contributed by atoms with E-state index >= 15 is 0 Å². The third-order valence-corrected chi connectivity index (χ3v) is 8.15. The zero-order valence-electron chi connectivity index (χ0n) is 18.3. The number of benzene rings is 1. The Balaban J connectivity index is 1.40. The molecular formula is C24H30N4O2S. The van der Waals surface area contributed by atoms with E-state index in [1.807, 2.05) is 42.2 Å². The predicted molar refractivity (Wildman–Crippen MR) is 122 cm³/mol. The van der Waals surface area contributed by atoms with Crippen LogP contribution in [0.1, 0.15) is 33.0 Å². The van der Waals surface area contributed by atoms with E-state index in [4.69, 9.17) is 0 Å². The highest BCUT2D eigenvalue weighted by atomic mass is 32.1. The lowest BCUT2D eigenvalue weighted by Crippen LogP contribution is -2.63. The summed E-state index contributed by atoms with van der Waals surface area (Å²) in [5, 5.41) is 0. The summed E-state index contributed by atoms with van der Waals surface area (Å²) in [5.41, 5.74) is 0.872. The van der Waals surface area contributed by atoms with Gasteiger partial charge in [0.25, 0.3) is 5.91 Å². The molecule has 1 aromatic heterocycles. The first-order chi connectivity index (χ1) is 15.0. The first-order valence-electron chi connectivity index (χ1n) is 11.1. The van der Waals surface area contributed by atoms with Gasteiger partial charge in [0, 0.05) is 57.0 Å². The van der Waals surface area contributed by atoms with Gasteiger partial charge in [0.05, 0.1) is 4.88 Å². The molecule has 1 aromatic carbocycles. The van der Waals surface area contributed by atoms with Crippen LogP contribution in [0.2, 0.25) is 0 Å². The van der Waals surface area contributed by atoms with Crippen LogP contribution in [0.15, 0.2) is 42.5 Å². The lowest BCUT2D eigenvalue weighted by atomic mass is 9.93. The maximum atomic E-state index is 13.6. The van der Waals surface area contributed by atoms with E-state index in [2.05, 4.69) is 33.9 Å². The summed E-state index contributed by atoms with van der Waals surface area (Å²) in [5.74, 6) is 0.367. The smallest absolute Gasteiger partial charge is 0.263 e. The van der Waals surface area contributed by atoms with Crippen LogP contribution >= 0.6 is 11.3 Å². The molecule has 0 bridgehead atoms. The third-order valence-electron chi connectivity index (χ3n) is 7.16. The van der Waals surface area contributed by atoms with Crippen LogP contribution in [0.5, 0.6) is 0 Å². The van der Waals surface area contributed by atoms with Crippen LogP contribution in [-0.4, -0.2) is 82.9 Å². The van der Waals surface area contributed by atoms with Gasteiger partial charge in [0.15, 0.2) is 0 Å². The Morgan fingerprint density at radius 1 is 1.06 bits per heavy atom. The number of fused-ring (bicyclic) bond motifs is 2. The number of thiophene rings is 1. The minimum atomic E-state index is -0.291. The molecule has 0 N–H and O–H groups in total. The maximum Gasteiger partial charge on any atom is 0.263 e. The molecule has 164 valence electrons. The number of likely N-dealkylation sites (N-methyl/N-ethyl adjacent to an activating group) is 1. The summed E-state index contributed by atoms with van der Waals surface area (Å²) in [6.07, 6.45) is 1.61. The van der Waals surface area contributed by atoms with E-state index in [1.165, 1.54) is 0 Å². The Morgan fingerprint density at radius 3 is 2.48 bits per heavy atom. The van der Waals surface area contributed by atoms with Gasteiger partial charge in [0.2, 0.25) is 5.91 Å². The van der Waals surface area contributed by atoms with Crippen LogP contribution in [0.25, 0.3) is 0 Å². The number of hydrogen-bond acceptors (Lipinski definition) is 5. The lowest BCUT2D eigenvalue weighted by Gasteiger charge is -2.50. The Hall–Kier alpha value is -2.22. The maximum absolute atomic E-state index is 13.6. The molecule has 2 aromatic rings. The molecule has 3 saturated heterocycles. The number of piperazine rings is 1. The third kappa shape index (κ3) is 3.58. The van der Waals surface area contributed by atoms with Crippen LogP contribution in [-0.2, 0) is 11.3 Å². The quantitative estimate of drug-likeness (QED) is 0.739. The highest BCUT2D eigenvalue weighted by Crippen LogP contribution is 2.42. The molecule has 3 aliphatic rings. The van der Waals surface area contributed by atoms with Crippen molar-refractivity contribution in [2.24, 2.45) is 0 Å². The first kappa shape index (κ1) is 20.7. The number of nitrogens with zero attached hydrogens (tertiary/aromatic N) is 4. The van der Waals surface area contributed by atoms with E-state index in [0.717, 1.165) is 47.8 Å². The van der Waals surface area contributed by atoms with Gasteiger partial charge >= 0.3 is 0 Å². The highest BCUT2D eigenvalue weighted by Gasteiger charge is 2.58. The first-order valence-corrected chi connectivity index (χ1v) is 12.0. The topological polar surface area (TPSA) is 47.1 Å². The van der Waals surface area contributed by atoms with Gasteiger partial charge in [0.1, 0.15) is 11.7 Å².